The molecule has 0 N–H and O–H groups in total. The Kier molecular flexibility index (Phi) is 6.35. The lowest BCUT2D eigenvalue weighted by Gasteiger charge is -2.39. The van der Waals surface area contributed by atoms with Crippen molar-refractivity contribution in [3.63, 3.8) is 0 Å². The van der Waals surface area contributed by atoms with E-state index in [0.29, 0.717) is 6.54 Å². The van der Waals surface area contributed by atoms with E-state index in [2.05, 4.69) is 21.9 Å². The Morgan fingerprint density at radius 3 is 2.41 bits per heavy atom. The quantitative estimate of drug-likeness (QED) is 0.785. The van der Waals surface area contributed by atoms with Crippen molar-refractivity contribution in [3.05, 3.63) is 54.6 Å². The highest BCUT2D eigenvalue weighted by molar-refractivity contribution is 5.96. The molecule has 0 aromatic heterocycles. The van der Waals surface area contributed by atoms with Crippen molar-refractivity contribution < 1.29 is 9.53 Å². The zero-order valence-corrected chi connectivity index (χ0v) is 16.5. The first-order valence-electron chi connectivity index (χ1n) is 9.63. The Morgan fingerprint density at radius 1 is 1.07 bits per heavy atom. The second kappa shape index (κ2) is 8.91. The van der Waals surface area contributed by atoms with Crippen LogP contribution in [0.2, 0.25) is 0 Å². The minimum atomic E-state index is -0.127. The summed E-state index contributed by atoms with van der Waals surface area (Å²) in [5.74, 6) is 1.04. The van der Waals surface area contributed by atoms with Gasteiger partial charge >= 0.3 is 0 Å². The minimum absolute atomic E-state index is 0.127. The summed E-state index contributed by atoms with van der Waals surface area (Å²) in [5.41, 5.74) is 2.14. The summed E-state index contributed by atoms with van der Waals surface area (Å²) >= 11 is 0. The summed E-state index contributed by atoms with van der Waals surface area (Å²) in [5, 5.41) is 0. The van der Waals surface area contributed by atoms with Crippen molar-refractivity contribution in [1.82, 2.24) is 4.90 Å². The van der Waals surface area contributed by atoms with Crippen LogP contribution in [0, 0.1) is 0 Å². The Balaban J connectivity index is 1.62. The Hall–Kier alpha value is -2.53. The molecular weight excluding hydrogens is 338 g/mol. The molecule has 27 heavy (non-hydrogen) atoms. The number of carbonyl (C=O) groups is 1. The van der Waals surface area contributed by atoms with Gasteiger partial charge in [0, 0.05) is 50.2 Å². The van der Waals surface area contributed by atoms with E-state index in [0.717, 1.165) is 37.6 Å². The Labute approximate surface area is 162 Å². The number of nitrogens with zero attached hydrogens (tertiary/aromatic N) is 3. The molecule has 2 aromatic rings. The van der Waals surface area contributed by atoms with Gasteiger partial charge in [0.2, 0.25) is 5.91 Å². The van der Waals surface area contributed by atoms with E-state index in [9.17, 15) is 4.79 Å². The van der Waals surface area contributed by atoms with Gasteiger partial charge in [-0.3, -0.25) is 9.69 Å². The largest absolute Gasteiger partial charge is 0.497 e. The summed E-state index contributed by atoms with van der Waals surface area (Å²) in [6.45, 7) is 8.28. The second-order valence-corrected chi connectivity index (χ2v) is 6.82. The molecule has 5 heteroatoms. The van der Waals surface area contributed by atoms with E-state index < -0.39 is 0 Å². The monoisotopic (exact) mass is 367 g/mol. The topological polar surface area (TPSA) is 36.0 Å². The molecule has 1 aliphatic rings. The molecule has 3 rings (SSSR count). The number of methoxy groups -OCH3 is 1. The molecule has 0 aliphatic carbocycles. The molecule has 0 unspecified atom stereocenters. The summed E-state index contributed by atoms with van der Waals surface area (Å²) in [7, 11) is 1.69. The van der Waals surface area contributed by atoms with Crippen molar-refractivity contribution >= 4 is 17.3 Å². The number of hydrogen-bond donors (Lipinski definition) is 0. The zero-order valence-electron chi connectivity index (χ0n) is 16.5. The van der Waals surface area contributed by atoms with Gasteiger partial charge in [-0.25, -0.2) is 0 Å². The molecule has 1 heterocycles. The van der Waals surface area contributed by atoms with Crippen LogP contribution in [0.3, 0.4) is 0 Å². The smallest absolute Gasteiger partial charge is 0.244 e. The van der Waals surface area contributed by atoms with Crippen molar-refractivity contribution in [2.24, 2.45) is 0 Å². The molecule has 1 saturated heterocycles. The lowest BCUT2D eigenvalue weighted by atomic mass is 10.1. The van der Waals surface area contributed by atoms with Crippen molar-refractivity contribution in [3.8, 4) is 5.75 Å². The first kappa shape index (κ1) is 19.2. The summed E-state index contributed by atoms with van der Waals surface area (Å²) in [6, 6.07) is 17.9. The fourth-order valence-corrected chi connectivity index (χ4v) is 3.63. The van der Waals surface area contributed by atoms with Crippen LogP contribution in [0.5, 0.6) is 5.75 Å². The number of ether oxygens (including phenoxy) is 1. The molecule has 144 valence electrons. The number of para-hydroxylation sites is 1. The molecule has 2 aromatic carbocycles. The highest BCUT2D eigenvalue weighted by Crippen LogP contribution is 2.23. The van der Waals surface area contributed by atoms with Gasteiger partial charge in [0.1, 0.15) is 5.75 Å². The van der Waals surface area contributed by atoms with Gasteiger partial charge in [0.15, 0.2) is 0 Å². The summed E-state index contributed by atoms with van der Waals surface area (Å²) in [4.78, 5) is 19.6. The number of anilines is 2. The third kappa shape index (κ3) is 4.42. The third-order valence-electron chi connectivity index (χ3n) is 5.29. The maximum Gasteiger partial charge on any atom is 0.244 e. The first-order valence-corrected chi connectivity index (χ1v) is 9.63. The highest BCUT2D eigenvalue weighted by Gasteiger charge is 2.29. The van der Waals surface area contributed by atoms with E-state index in [1.165, 1.54) is 5.69 Å². The van der Waals surface area contributed by atoms with Crippen LogP contribution >= 0.6 is 0 Å². The maximum absolute atomic E-state index is 13.1. The van der Waals surface area contributed by atoms with E-state index in [1.54, 1.807) is 7.11 Å². The Morgan fingerprint density at radius 2 is 1.78 bits per heavy atom. The van der Waals surface area contributed by atoms with Gasteiger partial charge < -0.3 is 14.5 Å². The van der Waals surface area contributed by atoms with Gasteiger partial charge in [0.05, 0.1) is 13.2 Å². The van der Waals surface area contributed by atoms with Crippen LogP contribution in [0.4, 0.5) is 11.4 Å². The van der Waals surface area contributed by atoms with Crippen LogP contribution in [-0.2, 0) is 4.79 Å². The van der Waals surface area contributed by atoms with Gasteiger partial charge in [-0.15, -0.1) is 0 Å². The Bertz CT molecular complexity index is 742. The standard InChI is InChI=1S/C22H29N3O2/c1-4-25(19-9-6-5-7-10-19)22(26)18(2)23-13-15-24(16-14-23)20-11-8-12-21(17-20)27-3/h5-12,17-18H,4,13-16H2,1-3H3/t18-/m1/s1. The second-order valence-electron chi connectivity index (χ2n) is 6.82. The van der Waals surface area contributed by atoms with Gasteiger partial charge in [-0.05, 0) is 38.1 Å². The highest BCUT2D eigenvalue weighted by atomic mass is 16.5. The maximum atomic E-state index is 13.1. The molecule has 0 spiro atoms. The van der Waals surface area contributed by atoms with Gasteiger partial charge in [-0.1, -0.05) is 24.3 Å². The molecule has 1 atom stereocenters. The van der Waals surface area contributed by atoms with E-state index in [4.69, 9.17) is 4.74 Å². The molecule has 0 bridgehead atoms. The number of carbonyl (C=O) groups excluding carboxylic acids is 1. The number of piperazine rings is 1. The number of benzene rings is 2. The van der Waals surface area contributed by atoms with Crippen LogP contribution in [0.1, 0.15) is 13.8 Å². The molecular formula is C22H29N3O2. The van der Waals surface area contributed by atoms with E-state index in [1.807, 2.05) is 61.2 Å². The number of amides is 1. The van der Waals surface area contributed by atoms with Gasteiger partial charge in [-0.2, -0.15) is 0 Å². The third-order valence-corrected chi connectivity index (χ3v) is 5.29. The summed E-state index contributed by atoms with van der Waals surface area (Å²) in [6.07, 6.45) is 0. The average molecular weight is 367 g/mol. The predicted octanol–water partition coefficient (Wildman–Crippen LogP) is 3.26. The minimum Gasteiger partial charge on any atom is -0.497 e. The number of hydrogen-bond acceptors (Lipinski definition) is 4. The number of rotatable bonds is 6. The van der Waals surface area contributed by atoms with Crippen LogP contribution in [0.25, 0.3) is 0 Å². The SMILES string of the molecule is CCN(C(=O)[C@@H](C)N1CCN(c2cccc(OC)c2)CC1)c1ccccc1. The zero-order chi connectivity index (χ0) is 19.2. The molecule has 1 aliphatic heterocycles. The summed E-state index contributed by atoms with van der Waals surface area (Å²) < 4.78 is 5.33. The lowest BCUT2D eigenvalue weighted by molar-refractivity contribution is -0.123. The van der Waals surface area contributed by atoms with E-state index >= 15 is 0 Å². The molecule has 0 saturated carbocycles. The van der Waals surface area contributed by atoms with Crippen LogP contribution in [-0.4, -0.2) is 56.7 Å². The predicted molar refractivity (Wildman–Crippen MR) is 111 cm³/mol. The van der Waals surface area contributed by atoms with Crippen molar-refractivity contribution in [1.29, 1.82) is 0 Å². The molecule has 1 fully saturated rings. The van der Waals surface area contributed by atoms with E-state index in [-0.39, 0.29) is 11.9 Å². The first-order chi connectivity index (χ1) is 13.1. The van der Waals surface area contributed by atoms with Crippen molar-refractivity contribution in [2.45, 2.75) is 19.9 Å². The normalized spacial score (nSPS) is 16.0. The molecule has 5 nitrogen and oxygen atoms in total. The van der Waals surface area contributed by atoms with Crippen molar-refractivity contribution in [2.75, 3.05) is 49.6 Å². The van der Waals surface area contributed by atoms with Crippen LogP contribution in [0.15, 0.2) is 54.6 Å². The fourth-order valence-electron chi connectivity index (χ4n) is 3.63. The van der Waals surface area contributed by atoms with Crippen LogP contribution < -0.4 is 14.5 Å². The molecule has 1 amide bonds. The fraction of sp³-hybridized carbons (Fsp3) is 0.409. The van der Waals surface area contributed by atoms with Gasteiger partial charge in [0.25, 0.3) is 0 Å². The lowest BCUT2D eigenvalue weighted by Crippen LogP contribution is -2.54. The average Bonchev–Trinajstić information content (AvgIpc) is 2.74. The molecule has 0 radical (unpaired) electrons. The number of likely N-dealkylation sites (N-methyl/N-ethyl adjacent to an activating group) is 1.